The second-order valence-electron chi connectivity index (χ2n) is 7.43. The number of carbonyl (C=O) groups is 1. The number of morpholine rings is 1. The molecule has 1 amide bonds. The van der Waals surface area contributed by atoms with Crippen LogP contribution >= 0.6 is 11.3 Å². The third-order valence-electron chi connectivity index (χ3n) is 5.47. The van der Waals surface area contributed by atoms with Crippen molar-refractivity contribution in [3.8, 4) is 0 Å². The van der Waals surface area contributed by atoms with Crippen molar-refractivity contribution < 1.29 is 17.9 Å². The van der Waals surface area contributed by atoms with Crippen LogP contribution in [0.3, 0.4) is 0 Å². The van der Waals surface area contributed by atoms with E-state index in [0.717, 1.165) is 12.8 Å². The Bertz CT molecular complexity index is 955. The Morgan fingerprint density at radius 3 is 2.69 bits per heavy atom. The molecule has 1 aromatic carbocycles. The lowest BCUT2D eigenvalue weighted by Gasteiger charge is -2.27. The van der Waals surface area contributed by atoms with Gasteiger partial charge in [0.25, 0.3) is 5.91 Å². The number of carbonyl (C=O) groups excluding carboxylic acids is 1. The van der Waals surface area contributed by atoms with Crippen LogP contribution in [0.25, 0.3) is 0 Å². The van der Waals surface area contributed by atoms with Gasteiger partial charge in [-0.1, -0.05) is 24.6 Å². The number of fused-ring (bicyclic) bond motifs is 1. The molecule has 1 saturated heterocycles. The van der Waals surface area contributed by atoms with Crippen molar-refractivity contribution in [1.29, 1.82) is 0 Å². The van der Waals surface area contributed by atoms with E-state index in [4.69, 9.17) is 4.74 Å². The first kappa shape index (κ1) is 20.5. The van der Waals surface area contributed by atoms with Crippen molar-refractivity contribution >= 4 is 27.3 Å². The number of benzene rings is 1. The van der Waals surface area contributed by atoms with Gasteiger partial charge in [0.15, 0.2) is 0 Å². The van der Waals surface area contributed by atoms with Gasteiger partial charge in [-0.15, -0.1) is 11.3 Å². The molecule has 1 aliphatic carbocycles. The lowest BCUT2D eigenvalue weighted by Crippen LogP contribution is -2.41. The van der Waals surface area contributed by atoms with E-state index in [2.05, 4.69) is 5.32 Å². The molecule has 1 fully saturated rings. The zero-order valence-electron chi connectivity index (χ0n) is 16.4. The van der Waals surface area contributed by atoms with Crippen molar-refractivity contribution in [3.05, 3.63) is 51.2 Å². The Labute approximate surface area is 175 Å². The molecule has 1 aliphatic heterocycles. The molecule has 0 spiro atoms. The summed E-state index contributed by atoms with van der Waals surface area (Å²) in [7, 11) is -3.61. The molecule has 2 aromatic rings. The summed E-state index contributed by atoms with van der Waals surface area (Å²) in [5.74, 6) is -0.137. The number of rotatable bonds is 5. The number of nitrogens with zero attached hydrogens (tertiary/aromatic N) is 1. The molecule has 2 heterocycles. The Kier molecular flexibility index (Phi) is 6.34. The second-order valence-corrected chi connectivity index (χ2v) is 10.5. The second kappa shape index (κ2) is 8.95. The maximum Gasteiger partial charge on any atom is 0.261 e. The molecule has 0 saturated carbocycles. The average Bonchev–Trinajstić information content (AvgIpc) is 3.03. The van der Waals surface area contributed by atoms with Gasteiger partial charge in [0, 0.05) is 24.5 Å². The van der Waals surface area contributed by atoms with Gasteiger partial charge in [-0.05, 0) is 48.9 Å². The van der Waals surface area contributed by atoms with Gasteiger partial charge in [0.2, 0.25) is 10.0 Å². The van der Waals surface area contributed by atoms with E-state index in [1.807, 2.05) is 6.07 Å². The summed E-state index contributed by atoms with van der Waals surface area (Å²) in [6, 6.07) is 8.90. The predicted molar refractivity (Wildman–Crippen MR) is 113 cm³/mol. The molecule has 0 radical (unpaired) electrons. The van der Waals surface area contributed by atoms with E-state index < -0.39 is 10.0 Å². The number of ether oxygens (including phenoxy) is 1. The Hall–Kier alpha value is -1.74. The average molecular weight is 435 g/mol. The van der Waals surface area contributed by atoms with Gasteiger partial charge in [0.1, 0.15) is 0 Å². The molecule has 0 unspecified atom stereocenters. The number of nitrogens with one attached hydrogen (secondary N) is 1. The molecule has 1 N–H and O–H groups in total. The van der Waals surface area contributed by atoms with Crippen molar-refractivity contribution in [1.82, 2.24) is 9.62 Å². The van der Waals surface area contributed by atoms with Gasteiger partial charge in [0.05, 0.1) is 23.0 Å². The molecule has 6 nitrogen and oxygen atoms in total. The minimum absolute atomic E-state index is 0.137. The van der Waals surface area contributed by atoms with Crippen LogP contribution in [0.15, 0.2) is 35.2 Å². The fourth-order valence-electron chi connectivity index (χ4n) is 3.87. The molecule has 156 valence electrons. The topological polar surface area (TPSA) is 75.7 Å². The van der Waals surface area contributed by atoms with Crippen molar-refractivity contribution in [2.24, 2.45) is 0 Å². The number of thiophene rings is 1. The molecule has 29 heavy (non-hydrogen) atoms. The van der Waals surface area contributed by atoms with Gasteiger partial charge >= 0.3 is 0 Å². The van der Waals surface area contributed by atoms with Crippen LogP contribution in [0, 0.1) is 0 Å². The first-order chi connectivity index (χ1) is 14.1. The Morgan fingerprint density at radius 1 is 1.10 bits per heavy atom. The summed E-state index contributed by atoms with van der Waals surface area (Å²) in [5, 5.41) is 2.92. The summed E-state index contributed by atoms with van der Waals surface area (Å²) in [6.07, 6.45) is 5.70. The van der Waals surface area contributed by atoms with E-state index in [1.54, 1.807) is 35.6 Å². The normalized spacial score (nSPS) is 18.1. The van der Waals surface area contributed by atoms with Gasteiger partial charge in [-0.2, -0.15) is 4.31 Å². The van der Waals surface area contributed by atoms with Gasteiger partial charge < -0.3 is 10.1 Å². The first-order valence-corrected chi connectivity index (χ1v) is 12.4. The predicted octanol–water partition coefficient (Wildman–Crippen LogP) is 2.97. The highest BCUT2D eigenvalue weighted by Crippen LogP contribution is 2.29. The van der Waals surface area contributed by atoms with E-state index in [-0.39, 0.29) is 17.3 Å². The van der Waals surface area contributed by atoms with Crippen LogP contribution in [0.4, 0.5) is 0 Å². The largest absolute Gasteiger partial charge is 0.379 e. The molecule has 8 heteroatoms. The van der Waals surface area contributed by atoms with E-state index in [9.17, 15) is 13.2 Å². The standard InChI is InChI=1S/C21H26N2O4S2/c24-21(19-14-16-6-2-1-3-8-18(16)28-19)22-15-17-7-4-5-9-20(17)29(25,26)23-10-12-27-13-11-23/h4-5,7,9,14H,1-3,6,8,10-13,15H2,(H,22,24). The maximum atomic E-state index is 13.0. The molecule has 0 atom stereocenters. The van der Waals surface area contributed by atoms with Crippen LogP contribution in [0.1, 0.15) is 44.9 Å². The molecule has 0 bridgehead atoms. The highest BCUT2D eigenvalue weighted by atomic mass is 32.2. The lowest BCUT2D eigenvalue weighted by atomic mass is 10.1. The summed E-state index contributed by atoms with van der Waals surface area (Å²) >= 11 is 1.57. The van der Waals surface area contributed by atoms with Gasteiger partial charge in [-0.25, -0.2) is 8.42 Å². The molecule has 2 aliphatic rings. The fourth-order valence-corrected chi connectivity index (χ4v) is 6.67. The van der Waals surface area contributed by atoms with E-state index in [0.29, 0.717) is 36.7 Å². The molecule has 4 rings (SSSR count). The number of hydrogen-bond donors (Lipinski definition) is 1. The third-order valence-corrected chi connectivity index (χ3v) is 8.71. The highest BCUT2D eigenvalue weighted by Gasteiger charge is 2.28. The van der Waals surface area contributed by atoms with Crippen LogP contribution in [-0.4, -0.2) is 44.9 Å². The minimum Gasteiger partial charge on any atom is -0.379 e. The van der Waals surface area contributed by atoms with Crippen molar-refractivity contribution in [2.45, 2.75) is 43.5 Å². The molecular formula is C21H26N2O4S2. The van der Waals surface area contributed by atoms with Crippen molar-refractivity contribution in [3.63, 3.8) is 0 Å². The summed E-state index contributed by atoms with van der Waals surface area (Å²) < 4.78 is 32.8. The van der Waals surface area contributed by atoms with E-state index in [1.165, 1.54) is 34.0 Å². The van der Waals surface area contributed by atoms with E-state index >= 15 is 0 Å². The Balaban J connectivity index is 1.48. The zero-order valence-corrected chi connectivity index (χ0v) is 18.0. The summed E-state index contributed by atoms with van der Waals surface area (Å²) in [5.41, 5.74) is 1.90. The number of amides is 1. The van der Waals surface area contributed by atoms with Crippen LogP contribution in [0.5, 0.6) is 0 Å². The zero-order chi connectivity index (χ0) is 20.3. The summed E-state index contributed by atoms with van der Waals surface area (Å²) in [6.45, 7) is 1.69. The Morgan fingerprint density at radius 2 is 1.86 bits per heavy atom. The maximum absolute atomic E-state index is 13.0. The van der Waals surface area contributed by atoms with Gasteiger partial charge in [-0.3, -0.25) is 4.79 Å². The van der Waals surface area contributed by atoms with Crippen LogP contribution in [0.2, 0.25) is 0 Å². The van der Waals surface area contributed by atoms with Crippen LogP contribution in [-0.2, 0) is 34.1 Å². The number of aryl methyl sites for hydroxylation is 2. The smallest absolute Gasteiger partial charge is 0.261 e. The SMILES string of the molecule is O=C(NCc1ccccc1S(=O)(=O)N1CCOCC1)c1cc2c(s1)CCCCC2. The minimum atomic E-state index is -3.61. The summed E-state index contributed by atoms with van der Waals surface area (Å²) in [4.78, 5) is 15.0. The lowest BCUT2D eigenvalue weighted by molar-refractivity contribution is 0.0730. The van der Waals surface area contributed by atoms with Crippen molar-refractivity contribution in [2.75, 3.05) is 26.3 Å². The quantitative estimate of drug-likeness (QED) is 0.734. The molecular weight excluding hydrogens is 408 g/mol. The fraction of sp³-hybridized carbons (Fsp3) is 0.476. The molecule has 1 aromatic heterocycles. The first-order valence-electron chi connectivity index (χ1n) is 10.1. The number of hydrogen-bond acceptors (Lipinski definition) is 5. The number of sulfonamides is 1. The highest BCUT2D eigenvalue weighted by molar-refractivity contribution is 7.89. The monoisotopic (exact) mass is 434 g/mol. The third kappa shape index (κ3) is 4.55. The van der Waals surface area contributed by atoms with Crippen LogP contribution < -0.4 is 5.32 Å².